The van der Waals surface area contributed by atoms with Crippen molar-refractivity contribution < 1.29 is 9.53 Å². The first-order valence-electron chi connectivity index (χ1n) is 7.76. The molecular formula is C17H20N4O2. The largest absolute Gasteiger partial charge is 0.471 e. The highest BCUT2D eigenvalue weighted by Crippen LogP contribution is 2.17. The smallest absolute Gasteiger partial charge is 0.321 e. The van der Waals surface area contributed by atoms with Crippen molar-refractivity contribution in [1.82, 2.24) is 14.9 Å². The maximum Gasteiger partial charge on any atom is 0.321 e. The number of hydrogen-bond donors (Lipinski definition) is 1. The maximum atomic E-state index is 12.4. The molecule has 0 bridgehead atoms. The van der Waals surface area contributed by atoms with Gasteiger partial charge in [0.1, 0.15) is 6.10 Å². The molecule has 6 nitrogen and oxygen atoms in total. The van der Waals surface area contributed by atoms with E-state index < -0.39 is 0 Å². The van der Waals surface area contributed by atoms with E-state index in [0.29, 0.717) is 12.4 Å². The van der Waals surface area contributed by atoms with E-state index in [9.17, 15) is 4.79 Å². The summed E-state index contributed by atoms with van der Waals surface area (Å²) in [7, 11) is 0. The number of amides is 2. The summed E-state index contributed by atoms with van der Waals surface area (Å²) in [5.41, 5.74) is 1.93. The van der Waals surface area contributed by atoms with E-state index in [4.69, 9.17) is 4.74 Å². The predicted octanol–water partition coefficient (Wildman–Crippen LogP) is 2.86. The lowest BCUT2D eigenvalue weighted by atomic mass is 10.1. The Labute approximate surface area is 135 Å². The van der Waals surface area contributed by atoms with Gasteiger partial charge in [0.25, 0.3) is 0 Å². The quantitative estimate of drug-likeness (QED) is 0.946. The summed E-state index contributed by atoms with van der Waals surface area (Å²) in [5, 5.41) is 2.94. The van der Waals surface area contributed by atoms with Crippen LogP contribution in [0.15, 0.2) is 42.9 Å². The molecule has 120 valence electrons. The third-order valence-corrected chi connectivity index (χ3v) is 3.76. The average Bonchev–Trinajstić information content (AvgIpc) is 2.56. The number of aromatic nitrogens is 2. The lowest BCUT2D eigenvalue weighted by Crippen LogP contribution is -2.46. The number of carbonyl (C=O) groups is 1. The number of carbonyl (C=O) groups excluding carboxylic acids is 1. The Balaban J connectivity index is 1.58. The number of rotatable bonds is 3. The Hall–Kier alpha value is -2.63. The van der Waals surface area contributed by atoms with Crippen molar-refractivity contribution in [3.63, 3.8) is 0 Å². The van der Waals surface area contributed by atoms with Gasteiger partial charge < -0.3 is 15.0 Å². The van der Waals surface area contributed by atoms with Crippen LogP contribution >= 0.6 is 0 Å². The summed E-state index contributed by atoms with van der Waals surface area (Å²) in [6, 6.07) is 7.68. The van der Waals surface area contributed by atoms with Crippen molar-refractivity contribution in [1.29, 1.82) is 0 Å². The van der Waals surface area contributed by atoms with Crippen LogP contribution in [0.1, 0.15) is 18.4 Å². The summed E-state index contributed by atoms with van der Waals surface area (Å²) in [6.07, 6.45) is 6.56. The van der Waals surface area contributed by atoms with Gasteiger partial charge in [0.05, 0.1) is 12.7 Å². The minimum atomic E-state index is -0.0944. The molecule has 0 spiro atoms. The second kappa shape index (κ2) is 7.09. The molecule has 2 aromatic rings. The van der Waals surface area contributed by atoms with Crippen LogP contribution in [0.4, 0.5) is 10.5 Å². The number of anilines is 1. The van der Waals surface area contributed by atoms with E-state index in [2.05, 4.69) is 15.3 Å². The summed E-state index contributed by atoms with van der Waals surface area (Å²) < 4.78 is 5.81. The first-order chi connectivity index (χ1) is 11.2. The second-order valence-electron chi connectivity index (χ2n) is 5.67. The van der Waals surface area contributed by atoms with Gasteiger partial charge in [0, 0.05) is 24.6 Å². The molecule has 1 aliphatic rings. The van der Waals surface area contributed by atoms with E-state index in [1.165, 1.54) is 0 Å². The zero-order valence-corrected chi connectivity index (χ0v) is 13.1. The molecule has 1 N–H and O–H groups in total. The molecule has 1 aromatic heterocycles. The molecule has 3 rings (SSSR count). The Bertz CT molecular complexity index is 663. The van der Waals surface area contributed by atoms with E-state index in [0.717, 1.165) is 30.6 Å². The van der Waals surface area contributed by atoms with Gasteiger partial charge in [0.2, 0.25) is 5.88 Å². The molecular weight excluding hydrogens is 292 g/mol. The van der Waals surface area contributed by atoms with Gasteiger partial charge in [-0.2, -0.15) is 0 Å². The average molecular weight is 312 g/mol. The molecule has 1 saturated heterocycles. The molecule has 1 fully saturated rings. The number of ether oxygens (including phenoxy) is 1. The molecule has 2 amide bonds. The van der Waals surface area contributed by atoms with Crippen molar-refractivity contribution in [3.05, 3.63) is 48.4 Å². The van der Waals surface area contributed by atoms with Gasteiger partial charge in [-0.1, -0.05) is 12.1 Å². The van der Waals surface area contributed by atoms with E-state index in [1.54, 1.807) is 23.5 Å². The minimum Gasteiger partial charge on any atom is -0.471 e. The van der Waals surface area contributed by atoms with Gasteiger partial charge in [-0.25, -0.2) is 9.78 Å². The fraction of sp³-hybridized carbons (Fsp3) is 0.353. The van der Waals surface area contributed by atoms with Gasteiger partial charge in [-0.05, 0) is 37.5 Å². The molecule has 23 heavy (non-hydrogen) atoms. The van der Waals surface area contributed by atoms with Crippen LogP contribution in [-0.4, -0.2) is 40.1 Å². The van der Waals surface area contributed by atoms with E-state index in [-0.39, 0.29) is 12.1 Å². The highest BCUT2D eigenvalue weighted by Gasteiger charge is 2.25. The molecule has 2 heterocycles. The third-order valence-electron chi connectivity index (χ3n) is 3.76. The van der Waals surface area contributed by atoms with Crippen LogP contribution in [-0.2, 0) is 0 Å². The number of nitrogens with zero attached hydrogens (tertiary/aromatic N) is 3. The predicted molar refractivity (Wildman–Crippen MR) is 87.5 cm³/mol. The summed E-state index contributed by atoms with van der Waals surface area (Å²) in [6.45, 7) is 3.29. The standard InChI is InChI=1S/C17H20N4O2/c1-13-4-2-5-14(10-13)20-17(22)21-9-3-6-15(12-21)23-16-11-18-7-8-19-16/h2,4-5,7-8,10-11,15H,3,6,9,12H2,1H3,(H,20,22). The summed E-state index contributed by atoms with van der Waals surface area (Å²) in [5.74, 6) is 0.499. The molecule has 6 heteroatoms. The summed E-state index contributed by atoms with van der Waals surface area (Å²) >= 11 is 0. The fourth-order valence-electron chi connectivity index (χ4n) is 2.66. The number of piperidine rings is 1. The Morgan fingerprint density at radius 3 is 3.09 bits per heavy atom. The number of nitrogens with one attached hydrogen (secondary N) is 1. The van der Waals surface area contributed by atoms with Crippen LogP contribution in [0.3, 0.4) is 0 Å². The fourth-order valence-corrected chi connectivity index (χ4v) is 2.66. The topological polar surface area (TPSA) is 67.4 Å². The first-order valence-corrected chi connectivity index (χ1v) is 7.76. The van der Waals surface area contributed by atoms with Gasteiger partial charge >= 0.3 is 6.03 Å². The molecule has 0 aliphatic carbocycles. The Morgan fingerprint density at radius 2 is 2.30 bits per heavy atom. The molecule has 1 unspecified atom stereocenters. The lowest BCUT2D eigenvalue weighted by molar-refractivity contribution is 0.102. The number of hydrogen-bond acceptors (Lipinski definition) is 4. The summed E-state index contributed by atoms with van der Waals surface area (Å²) in [4.78, 5) is 22.3. The van der Waals surface area contributed by atoms with Crippen molar-refractivity contribution in [3.8, 4) is 5.88 Å². The SMILES string of the molecule is Cc1cccc(NC(=O)N2CCCC(Oc3cnccn3)C2)c1. The van der Waals surface area contributed by atoms with Crippen LogP contribution in [0.25, 0.3) is 0 Å². The van der Waals surface area contributed by atoms with Crippen molar-refractivity contribution in [2.24, 2.45) is 0 Å². The van der Waals surface area contributed by atoms with Gasteiger partial charge in [0.15, 0.2) is 0 Å². The molecule has 1 aliphatic heterocycles. The molecule has 1 atom stereocenters. The van der Waals surface area contributed by atoms with Gasteiger partial charge in [-0.15, -0.1) is 0 Å². The lowest BCUT2D eigenvalue weighted by Gasteiger charge is -2.32. The number of benzene rings is 1. The monoisotopic (exact) mass is 312 g/mol. The van der Waals surface area contributed by atoms with Crippen LogP contribution in [0, 0.1) is 6.92 Å². The van der Waals surface area contributed by atoms with Crippen molar-refractivity contribution in [2.75, 3.05) is 18.4 Å². The highest BCUT2D eigenvalue weighted by molar-refractivity contribution is 5.89. The van der Waals surface area contributed by atoms with Crippen molar-refractivity contribution >= 4 is 11.7 Å². The maximum absolute atomic E-state index is 12.4. The highest BCUT2D eigenvalue weighted by atomic mass is 16.5. The number of aryl methyl sites for hydroxylation is 1. The van der Waals surface area contributed by atoms with E-state index >= 15 is 0 Å². The zero-order valence-electron chi connectivity index (χ0n) is 13.1. The molecule has 0 saturated carbocycles. The Kier molecular flexibility index (Phi) is 4.71. The first kappa shape index (κ1) is 15.3. The van der Waals surface area contributed by atoms with Crippen molar-refractivity contribution in [2.45, 2.75) is 25.9 Å². The van der Waals surface area contributed by atoms with Gasteiger partial charge in [-0.3, -0.25) is 4.98 Å². The van der Waals surface area contributed by atoms with Crippen LogP contribution in [0.2, 0.25) is 0 Å². The zero-order chi connectivity index (χ0) is 16.1. The number of urea groups is 1. The molecule has 0 radical (unpaired) electrons. The number of likely N-dealkylation sites (tertiary alicyclic amines) is 1. The van der Waals surface area contributed by atoms with Crippen LogP contribution in [0.5, 0.6) is 5.88 Å². The molecule has 1 aromatic carbocycles. The van der Waals surface area contributed by atoms with Crippen LogP contribution < -0.4 is 10.1 Å². The normalized spacial score (nSPS) is 17.6. The Morgan fingerprint density at radius 1 is 1.39 bits per heavy atom. The minimum absolute atomic E-state index is 0.0521. The third kappa shape index (κ3) is 4.18. The van der Waals surface area contributed by atoms with E-state index in [1.807, 2.05) is 31.2 Å². The second-order valence-corrected chi connectivity index (χ2v) is 5.67.